The molecule has 30 heavy (non-hydrogen) atoms. The van der Waals surface area contributed by atoms with Crippen molar-refractivity contribution in [3.63, 3.8) is 0 Å². The van der Waals surface area contributed by atoms with Gasteiger partial charge >= 0.3 is 0 Å². The van der Waals surface area contributed by atoms with Crippen LogP contribution in [-0.4, -0.2) is 35.6 Å². The molecule has 10 heteroatoms. The third-order valence-corrected chi connectivity index (χ3v) is 6.15. The zero-order chi connectivity index (χ0) is 21.5. The van der Waals surface area contributed by atoms with Crippen molar-refractivity contribution >= 4 is 51.5 Å². The van der Waals surface area contributed by atoms with E-state index in [1.54, 1.807) is 18.2 Å². The highest BCUT2D eigenvalue weighted by molar-refractivity contribution is 8.00. The van der Waals surface area contributed by atoms with E-state index in [1.807, 2.05) is 24.3 Å². The number of amides is 1. The van der Waals surface area contributed by atoms with Crippen LogP contribution >= 0.6 is 34.7 Å². The summed E-state index contributed by atoms with van der Waals surface area (Å²) in [6.07, 6.45) is 0. The molecule has 0 aliphatic rings. The number of hydrogen-bond donors (Lipinski definition) is 1. The summed E-state index contributed by atoms with van der Waals surface area (Å²) in [6.45, 7) is 1.23. The molecule has 1 amide bonds. The molecule has 0 aliphatic heterocycles. The predicted molar refractivity (Wildman–Crippen MR) is 118 cm³/mol. The molecule has 0 spiro atoms. The number of nitrogens with zero attached hydrogens (tertiary/aromatic N) is 2. The average molecular weight is 464 g/mol. The van der Waals surface area contributed by atoms with Gasteiger partial charge in [0.2, 0.25) is 5.13 Å². The van der Waals surface area contributed by atoms with Crippen LogP contribution in [0.2, 0.25) is 5.02 Å². The largest absolute Gasteiger partial charge is 0.493 e. The number of halogens is 1. The van der Waals surface area contributed by atoms with E-state index >= 15 is 0 Å². The summed E-state index contributed by atoms with van der Waals surface area (Å²) in [5, 5.41) is 11.8. The van der Waals surface area contributed by atoms with Gasteiger partial charge in [0.15, 0.2) is 28.2 Å². The van der Waals surface area contributed by atoms with Crippen LogP contribution in [0.4, 0.5) is 5.13 Å². The molecule has 1 aromatic heterocycles. The minimum Gasteiger partial charge on any atom is -0.493 e. The summed E-state index contributed by atoms with van der Waals surface area (Å²) in [4.78, 5) is 23.6. The second-order valence-electron chi connectivity index (χ2n) is 6.05. The Kier molecular flexibility index (Phi) is 7.67. The zero-order valence-corrected chi connectivity index (χ0v) is 18.6. The van der Waals surface area contributed by atoms with Crippen LogP contribution in [-0.2, 0) is 10.5 Å². The monoisotopic (exact) mass is 463 g/mol. The highest BCUT2D eigenvalue weighted by atomic mass is 35.5. The number of ether oxygens (including phenoxy) is 2. The lowest BCUT2D eigenvalue weighted by molar-refractivity contribution is -0.118. The van der Waals surface area contributed by atoms with Crippen LogP contribution in [0.25, 0.3) is 0 Å². The number of rotatable bonds is 9. The van der Waals surface area contributed by atoms with Gasteiger partial charge in [-0.1, -0.05) is 46.8 Å². The van der Waals surface area contributed by atoms with Gasteiger partial charge in [0.1, 0.15) is 0 Å². The molecule has 0 unspecified atom stereocenters. The van der Waals surface area contributed by atoms with Gasteiger partial charge in [-0.15, -0.1) is 10.2 Å². The van der Waals surface area contributed by atoms with Crippen LogP contribution in [0.5, 0.6) is 11.5 Å². The quantitative estimate of drug-likeness (QED) is 0.279. The number of Topliss-reactive ketones (excluding diaryl/α,β-unsaturated/α-hetero) is 1. The molecule has 0 aliphatic carbocycles. The summed E-state index contributed by atoms with van der Waals surface area (Å²) in [5.41, 5.74) is 1.62. The third-order valence-electron chi connectivity index (χ3n) is 3.86. The molecule has 0 atom stereocenters. The smallest absolute Gasteiger partial charge is 0.264 e. The van der Waals surface area contributed by atoms with E-state index in [2.05, 4.69) is 15.5 Å². The lowest BCUT2D eigenvalue weighted by Crippen LogP contribution is -2.20. The number of carbonyl (C=O) groups excluding carboxylic acids is 2. The summed E-state index contributed by atoms with van der Waals surface area (Å²) in [5.74, 6) is 1.01. The first-order valence-corrected chi connectivity index (χ1v) is 10.9. The molecule has 0 bridgehead atoms. The molecule has 1 N–H and O–H groups in total. The van der Waals surface area contributed by atoms with Crippen molar-refractivity contribution in [3.05, 3.63) is 58.6 Å². The molecule has 0 fully saturated rings. The van der Waals surface area contributed by atoms with E-state index in [-0.39, 0.29) is 18.3 Å². The first-order chi connectivity index (χ1) is 14.4. The summed E-state index contributed by atoms with van der Waals surface area (Å²) in [6, 6.07) is 12.4. The molecular weight excluding hydrogens is 446 g/mol. The van der Waals surface area contributed by atoms with Gasteiger partial charge in [0, 0.05) is 16.3 Å². The van der Waals surface area contributed by atoms with Gasteiger partial charge < -0.3 is 9.47 Å². The molecule has 0 radical (unpaired) electrons. The highest BCUT2D eigenvalue weighted by Gasteiger charge is 2.13. The molecular formula is C20H18ClN3O4S2. The fraction of sp³-hybridized carbons (Fsp3) is 0.200. The number of carbonyl (C=O) groups is 2. The number of methoxy groups -OCH3 is 1. The van der Waals surface area contributed by atoms with Crippen molar-refractivity contribution in [3.8, 4) is 11.5 Å². The maximum atomic E-state index is 12.2. The Labute approximate surface area is 186 Å². The molecule has 3 rings (SSSR count). The van der Waals surface area contributed by atoms with Crippen molar-refractivity contribution in [2.75, 3.05) is 19.0 Å². The summed E-state index contributed by atoms with van der Waals surface area (Å²) >= 11 is 8.69. The van der Waals surface area contributed by atoms with Crippen LogP contribution < -0.4 is 14.8 Å². The first kappa shape index (κ1) is 22.1. The van der Waals surface area contributed by atoms with Crippen LogP contribution in [0.1, 0.15) is 22.8 Å². The van der Waals surface area contributed by atoms with Crippen molar-refractivity contribution in [1.29, 1.82) is 0 Å². The number of benzene rings is 2. The van der Waals surface area contributed by atoms with E-state index in [9.17, 15) is 9.59 Å². The lowest BCUT2D eigenvalue weighted by atomic mass is 10.1. The number of thioether (sulfide) groups is 1. The summed E-state index contributed by atoms with van der Waals surface area (Å²) in [7, 11) is 1.47. The Morgan fingerprint density at radius 3 is 2.60 bits per heavy atom. The second-order valence-corrected chi connectivity index (χ2v) is 8.68. The second kappa shape index (κ2) is 10.4. The zero-order valence-electron chi connectivity index (χ0n) is 16.2. The molecule has 156 valence electrons. The van der Waals surface area contributed by atoms with Crippen molar-refractivity contribution in [2.45, 2.75) is 17.0 Å². The molecule has 0 saturated heterocycles. The third kappa shape index (κ3) is 6.19. The van der Waals surface area contributed by atoms with Gasteiger partial charge in [0.25, 0.3) is 5.91 Å². The number of hydrogen-bond acceptors (Lipinski definition) is 8. The average Bonchev–Trinajstić information content (AvgIpc) is 3.18. The van der Waals surface area contributed by atoms with E-state index in [0.717, 1.165) is 15.7 Å². The van der Waals surface area contributed by atoms with Gasteiger partial charge in [-0.25, -0.2) is 0 Å². The Morgan fingerprint density at radius 1 is 1.13 bits per heavy atom. The lowest BCUT2D eigenvalue weighted by Gasteiger charge is -2.11. The summed E-state index contributed by atoms with van der Waals surface area (Å²) < 4.78 is 11.5. The van der Waals surface area contributed by atoms with Crippen molar-refractivity contribution < 1.29 is 19.1 Å². The van der Waals surface area contributed by atoms with Crippen LogP contribution in [0.15, 0.2) is 46.8 Å². The number of ketones is 1. The standard InChI is InChI=1S/C20H18ClN3O4S2/c1-12(25)14-5-8-16(17(9-14)27-2)28-10-18(26)22-19-23-24-20(30-19)29-11-13-3-6-15(21)7-4-13/h3-9H,10-11H2,1-2H3,(H,22,23,26). The molecule has 3 aromatic rings. The fourth-order valence-electron chi connectivity index (χ4n) is 2.35. The molecule has 7 nitrogen and oxygen atoms in total. The van der Waals surface area contributed by atoms with E-state index in [0.29, 0.717) is 27.2 Å². The number of nitrogens with one attached hydrogen (secondary N) is 1. The van der Waals surface area contributed by atoms with Gasteiger partial charge in [0.05, 0.1) is 7.11 Å². The predicted octanol–water partition coefficient (Wildman–Crippen LogP) is 4.71. The maximum absolute atomic E-state index is 12.2. The fourth-order valence-corrected chi connectivity index (χ4v) is 4.20. The molecule has 0 saturated carbocycles. The topological polar surface area (TPSA) is 90.4 Å². The minimum absolute atomic E-state index is 0.0846. The maximum Gasteiger partial charge on any atom is 0.264 e. The normalized spacial score (nSPS) is 10.5. The minimum atomic E-state index is -0.377. The number of aromatic nitrogens is 2. The van der Waals surface area contributed by atoms with E-state index in [4.69, 9.17) is 21.1 Å². The van der Waals surface area contributed by atoms with Crippen LogP contribution in [0.3, 0.4) is 0 Å². The SMILES string of the molecule is COc1cc(C(C)=O)ccc1OCC(=O)Nc1nnc(SCc2ccc(Cl)cc2)s1. The Bertz CT molecular complexity index is 1040. The van der Waals surface area contributed by atoms with Crippen molar-refractivity contribution in [1.82, 2.24) is 10.2 Å². The Hall–Kier alpha value is -2.62. The highest BCUT2D eigenvalue weighted by Crippen LogP contribution is 2.30. The van der Waals surface area contributed by atoms with Crippen LogP contribution in [0, 0.1) is 0 Å². The Morgan fingerprint density at radius 2 is 1.90 bits per heavy atom. The van der Waals surface area contributed by atoms with E-state index in [1.165, 1.54) is 37.1 Å². The van der Waals surface area contributed by atoms with E-state index < -0.39 is 0 Å². The molecule has 1 heterocycles. The van der Waals surface area contributed by atoms with Gasteiger partial charge in [-0.3, -0.25) is 14.9 Å². The molecule has 2 aromatic carbocycles. The first-order valence-electron chi connectivity index (χ1n) is 8.77. The van der Waals surface area contributed by atoms with Crippen molar-refractivity contribution in [2.24, 2.45) is 0 Å². The van der Waals surface area contributed by atoms with Gasteiger partial charge in [-0.05, 0) is 42.8 Å². The number of anilines is 1. The van der Waals surface area contributed by atoms with Gasteiger partial charge in [-0.2, -0.15) is 0 Å². The Balaban J connectivity index is 1.51.